The summed E-state index contributed by atoms with van der Waals surface area (Å²) in [4.78, 5) is 25.5. The number of methoxy groups -OCH3 is 1. The lowest BCUT2D eigenvalue weighted by Crippen LogP contribution is -2.45. The molecule has 5 nitrogen and oxygen atoms in total. The van der Waals surface area contributed by atoms with Crippen LogP contribution in [0, 0.1) is 13.8 Å². The molecule has 0 aromatic heterocycles. The van der Waals surface area contributed by atoms with E-state index in [9.17, 15) is 9.59 Å². The Balaban J connectivity index is 3.30. The quantitative estimate of drug-likeness (QED) is 0.831. The first kappa shape index (κ1) is 16.2. The summed E-state index contributed by atoms with van der Waals surface area (Å²) in [5.41, 5.74) is 2.49. The molecule has 0 saturated carbocycles. The van der Waals surface area contributed by atoms with E-state index in [1.54, 1.807) is 6.92 Å². The maximum absolute atomic E-state index is 12.3. The van der Waals surface area contributed by atoms with Crippen LogP contribution in [0.5, 0.6) is 0 Å². The Morgan fingerprint density at radius 1 is 1.30 bits per heavy atom. The zero-order chi connectivity index (χ0) is 15.3. The van der Waals surface area contributed by atoms with Gasteiger partial charge in [0, 0.05) is 0 Å². The van der Waals surface area contributed by atoms with Crippen LogP contribution in [0.1, 0.15) is 24.5 Å². The van der Waals surface area contributed by atoms with Crippen LogP contribution in [0.4, 0.5) is 5.69 Å². The standard InChI is InChI=1S/C15H21NO4/c1-10-6-5-7-11(2)14(10)16(13(18)8-9-17)12(3)15(19)20-4/h5-7,12,17H,8-9H2,1-4H3/t12-/m1/s1. The normalized spacial score (nSPS) is 11.8. The minimum atomic E-state index is -0.737. The Hall–Kier alpha value is -1.88. The molecular formula is C15H21NO4. The van der Waals surface area contributed by atoms with E-state index < -0.39 is 12.0 Å². The monoisotopic (exact) mass is 279 g/mol. The SMILES string of the molecule is COC(=O)[C@@H](C)N(C(=O)CCO)c1c(C)cccc1C. The van der Waals surface area contributed by atoms with E-state index in [0.29, 0.717) is 5.69 Å². The molecule has 0 saturated heterocycles. The molecule has 1 N–H and O–H groups in total. The first-order chi connectivity index (χ1) is 9.43. The van der Waals surface area contributed by atoms with Crippen LogP contribution in [-0.2, 0) is 14.3 Å². The number of benzene rings is 1. The van der Waals surface area contributed by atoms with E-state index in [1.807, 2.05) is 32.0 Å². The Morgan fingerprint density at radius 2 is 1.85 bits per heavy atom. The number of carbonyl (C=O) groups excluding carboxylic acids is 2. The van der Waals surface area contributed by atoms with Crippen molar-refractivity contribution in [2.45, 2.75) is 33.2 Å². The van der Waals surface area contributed by atoms with Crippen LogP contribution in [0.25, 0.3) is 0 Å². The number of aliphatic hydroxyl groups excluding tert-OH is 1. The van der Waals surface area contributed by atoms with E-state index in [1.165, 1.54) is 12.0 Å². The molecule has 1 aromatic rings. The van der Waals surface area contributed by atoms with Crippen molar-refractivity contribution >= 4 is 17.6 Å². The van der Waals surface area contributed by atoms with Crippen molar-refractivity contribution in [1.29, 1.82) is 0 Å². The molecule has 0 unspecified atom stereocenters. The van der Waals surface area contributed by atoms with Crippen LogP contribution < -0.4 is 4.90 Å². The fraction of sp³-hybridized carbons (Fsp3) is 0.467. The number of hydrogen-bond donors (Lipinski definition) is 1. The summed E-state index contributed by atoms with van der Waals surface area (Å²) < 4.78 is 4.73. The van der Waals surface area contributed by atoms with Gasteiger partial charge in [-0.2, -0.15) is 0 Å². The van der Waals surface area contributed by atoms with Gasteiger partial charge in [-0.25, -0.2) is 4.79 Å². The van der Waals surface area contributed by atoms with Gasteiger partial charge in [-0.15, -0.1) is 0 Å². The largest absolute Gasteiger partial charge is 0.467 e. The highest BCUT2D eigenvalue weighted by molar-refractivity contribution is 6.00. The third kappa shape index (κ3) is 3.36. The number of aryl methyl sites for hydroxylation is 2. The van der Waals surface area contributed by atoms with Crippen LogP contribution in [0.2, 0.25) is 0 Å². The van der Waals surface area contributed by atoms with Gasteiger partial charge >= 0.3 is 5.97 Å². The summed E-state index contributed by atoms with van der Waals surface area (Å²) in [6.07, 6.45) is -0.0326. The third-order valence-corrected chi connectivity index (χ3v) is 3.20. The Kier molecular flexibility index (Phi) is 5.70. The van der Waals surface area contributed by atoms with E-state index in [2.05, 4.69) is 0 Å². The number of nitrogens with zero attached hydrogens (tertiary/aromatic N) is 1. The van der Waals surface area contributed by atoms with Gasteiger partial charge in [0.15, 0.2) is 0 Å². The highest BCUT2D eigenvalue weighted by Gasteiger charge is 2.29. The summed E-state index contributed by atoms with van der Waals surface area (Å²) in [5.74, 6) is -0.790. The second kappa shape index (κ2) is 7.05. The van der Waals surface area contributed by atoms with Crippen molar-refractivity contribution in [3.8, 4) is 0 Å². The highest BCUT2D eigenvalue weighted by Crippen LogP contribution is 2.27. The topological polar surface area (TPSA) is 66.8 Å². The molecule has 1 rings (SSSR count). The number of amides is 1. The number of rotatable bonds is 5. The van der Waals surface area contributed by atoms with Crippen molar-refractivity contribution in [2.24, 2.45) is 0 Å². The summed E-state index contributed by atoms with van der Waals surface area (Å²) in [7, 11) is 1.29. The smallest absolute Gasteiger partial charge is 0.328 e. The summed E-state index contributed by atoms with van der Waals surface area (Å²) >= 11 is 0. The van der Waals surface area contributed by atoms with Gasteiger partial charge in [0.1, 0.15) is 6.04 Å². The first-order valence-electron chi connectivity index (χ1n) is 6.51. The van der Waals surface area contributed by atoms with Gasteiger partial charge in [0.05, 0.1) is 25.8 Å². The van der Waals surface area contributed by atoms with Crippen LogP contribution >= 0.6 is 0 Å². The molecule has 0 fully saturated rings. The zero-order valence-corrected chi connectivity index (χ0v) is 12.3. The van der Waals surface area contributed by atoms with Gasteiger partial charge in [-0.3, -0.25) is 9.69 Å². The predicted octanol–water partition coefficient (Wildman–Crippen LogP) is 1.58. The molecule has 0 radical (unpaired) electrons. The molecule has 0 aliphatic heterocycles. The average Bonchev–Trinajstić information content (AvgIpc) is 2.41. The van der Waals surface area contributed by atoms with Crippen molar-refractivity contribution in [1.82, 2.24) is 0 Å². The number of aliphatic hydroxyl groups is 1. The lowest BCUT2D eigenvalue weighted by Gasteiger charge is -2.30. The molecule has 1 amide bonds. The van der Waals surface area contributed by atoms with Crippen molar-refractivity contribution in [3.63, 3.8) is 0 Å². The van der Waals surface area contributed by atoms with Crippen LogP contribution in [-0.4, -0.2) is 36.7 Å². The Morgan fingerprint density at radius 3 is 2.30 bits per heavy atom. The van der Waals surface area contributed by atoms with Gasteiger partial charge in [0.2, 0.25) is 5.91 Å². The predicted molar refractivity (Wildman–Crippen MR) is 76.6 cm³/mol. The fourth-order valence-corrected chi connectivity index (χ4v) is 2.21. The van der Waals surface area contributed by atoms with E-state index in [4.69, 9.17) is 9.84 Å². The second-order valence-electron chi connectivity index (χ2n) is 4.68. The molecule has 5 heteroatoms. The molecule has 0 heterocycles. The summed E-state index contributed by atoms with van der Waals surface area (Å²) in [5, 5.41) is 8.98. The van der Waals surface area contributed by atoms with Crippen molar-refractivity contribution in [3.05, 3.63) is 29.3 Å². The summed E-state index contributed by atoms with van der Waals surface area (Å²) in [6.45, 7) is 5.12. The molecule has 1 aromatic carbocycles. The molecule has 0 aliphatic carbocycles. The molecule has 0 spiro atoms. The fourth-order valence-electron chi connectivity index (χ4n) is 2.21. The van der Waals surface area contributed by atoms with E-state index in [-0.39, 0.29) is 18.9 Å². The van der Waals surface area contributed by atoms with Gasteiger partial charge in [-0.1, -0.05) is 18.2 Å². The minimum absolute atomic E-state index is 0.0326. The maximum Gasteiger partial charge on any atom is 0.328 e. The maximum atomic E-state index is 12.3. The molecule has 1 atom stereocenters. The number of ether oxygens (including phenoxy) is 1. The molecule has 110 valence electrons. The first-order valence-corrected chi connectivity index (χ1v) is 6.51. The number of para-hydroxylation sites is 1. The van der Waals surface area contributed by atoms with E-state index in [0.717, 1.165) is 11.1 Å². The van der Waals surface area contributed by atoms with Crippen molar-refractivity contribution in [2.75, 3.05) is 18.6 Å². The Labute approximate surface area is 119 Å². The molecule has 20 heavy (non-hydrogen) atoms. The van der Waals surface area contributed by atoms with Crippen LogP contribution in [0.3, 0.4) is 0 Å². The Bertz CT molecular complexity index is 478. The van der Waals surface area contributed by atoms with Gasteiger partial charge < -0.3 is 9.84 Å². The molecular weight excluding hydrogens is 258 g/mol. The van der Waals surface area contributed by atoms with E-state index >= 15 is 0 Å². The lowest BCUT2D eigenvalue weighted by atomic mass is 10.1. The second-order valence-corrected chi connectivity index (χ2v) is 4.68. The van der Waals surface area contributed by atoms with Gasteiger partial charge in [-0.05, 0) is 31.9 Å². The minimum Gasteiger partial charge on any atom is -0.467 e. The average molecular weight is 279 g/mol. The number of carbonyl (C=O) groups is 2. The lowest BCUT2D eigenvalue weighted by molar-refractivity contribution is -0.143. The molecule has 0 aliphatic rings. The zero-order valence-electron chi connectivity index (χ0n) is 12.3. The molecule has 0 bridgehead atoms. The van der Waals surface area contributed by atoms with Gasteiger partial charge in [0.25, 0.3) is 0 Å². The van der Waals surface area contributed by atoms with Crippen LogP contribution in [0.15, 0.2) is 18.2 Å². The highest BCUT2D eigenvalue weighted by atomic mass is 16.5. The summed E-state index contributed by atoms with van der Waals surface area (Å²) in [6, 6.07) is 4.92. The third-order valence-electron chi connectivity index (χ3n) is 3.20. The number of anilines is 1. The number of hydrogen-bond acceptors (Lipinski definition) is 4. The number of esters is 1. The van der Waals surface area contributed by atoms with Crippen molar-refractivity contribution < 1.29 is 19.4 Å².